The maximum atomic E-state index is 13.3. The van der Waals surface area contributed by atoms with Crippen LogP contribution in [0.1, 0.15) is 16.1 Å². The lowest BCUT2D eigenvalue weighted by Gasteiger charge is -2.08. The molecule has 0 spiro atoms. The van der Waals surface area contributed by atoms with Crippen molar-refractivity contribution in [3.8, 4) is 0 Å². The van der Waals surface area contributed by atoms with Gasteiger partial charge in [-0.05, 0) is 53.2 Å². The molecule has 0 unspecified atom stereocenters. The van der Waals surface area contributed by atoms with Crippen molar-refractivity contribution in [1.82, 2.24) is 4.98 Å². The number of carbonyl (C=O) groups is 1. The zero-order valence-corrected chi connectivity index (χ0v) is 12.2. The maximum Gasteiger partial charge on any atom is 0.255 e. The molecule has 98 valence electrons. The van der Waals surface area contributed by atoms with E-state index in [0.717, 1.165) is 6.07 Å². The lowest BCUT2D eigenvalue weighted by molar-refractivity contribution is 0.102. The number of nitrogens with one attached hydrogen (secondary N) is 1. The molecule has 0 bridgehead atoms. The number of amides is 1. The van der Waals surface area contributed by atoms with Crippen LogP contribution in [0.2, 0.25) is 5.02 Å². The van der Waals surface area contributed by atoms with Crippen molar-refractivity contribution in [1.29, 1.82) is 0 Å². The number of hydrogen-bond acceptors (Lipinski definition) is 2. The van der Waals surface area contributed by atoms with Crippen LogP contribution < -0.4 is 5.32 Å². The minimum Gasteiger partial charge on any atom is -0.320 e. The molecule has 1 aromatic carbocycles. The molecule has 0 aliphatic carbocycles. The Morgan fingerprint density at radius 3 is 2.74 bits per heavy atom. The molecule has 19 heavy (non-hydrogen) atoms. The number of benzene rings is 1. The molecule has 1 heterocycles. The summed E-state index contributed by atoms with van der Waals surface area (Å²) < 4.78 is 14.0. The van der Waals surface area contributed by atoms with Crippen LogP contribution in [0.15, 0.2) is 34.9 Å². The predicted octanol–water partition coefficient (Wildman–Crippen LogP) is 4.20. The van der Waals surface area contributed by atoms with E-state index in [1.54, 1.807) is 19.1 Å². The fourth-order valence-corrected chi connectivity index (χ4v) is 2.01. The highest BCUT2D eigenvalue weighted by Gasteiger charge is 2.10. The van der Waals surface area contributed by atoms with Gasteiger partial charge in [0, 0.05) is 5.56 Å². The lowest BCUT2D eigenvalue weighted by atomic mass is 10.2. The van der Waals surface area contributed by atoms with E-state index < -0.39 is 11.7 Å². The van der Waals surface area contributed by atoms with Gasteiger partial charge in [0.05, 0.1) is 16.4 Å². The molecule has 1 aromatic heterocycles. The van der Waals surface area contributed by atoms with Gasteiger partial charge >= 0.3 is 0 Å². The summed E-state index contributed by atoms with van der Waals surface area (Å²) in [4.78, 5) is 16.1. The quantitative estimate of drug-likeness (QED) is 0.831. The summed E-state index contributed by atoms with van der Waals surface area (Å²) in [6, 6.07) is 7.34. The molecule has 3 nitrogen and oxygen atoms in total. The number of aromatic nitrogens is 1. The normalized spacial score (nSPS) is 10.3. The van der Waals surface area contributed by atoms with E-state index in [-0.39, 0.29) is 10.6 Å². The second-order valence-corrected chi connectivity index (χ2v) is 5.07. The van der Waals surface area contributed by atoms with Crippen LogP contribution in [-0.2, 0) is 0 Å². The van der Waals surface area contributed by atoms with E-state index in [4.69, 9.17) is 11.6 Å². The zero-order valence-electron chi connectivity index (χ0n) is 9.88. The first kappa shape index (κ1) is 14.0. The monoisotopic (exact) mass is 342 g/mol. The first-order valence-electron chi connectivity index (χ1n) is 5.37. The van der Waals surface area contributed by atoms with Crippen molar-refractivity contribution in [2.45, 2.75) is 6.92 Å². The van der Waals surface area contributed by atoms with Crippen LogP contribution in [0.4, 0.5) is 10.1 Å². The number of anilines is 1. The van der Waals surface area contributed by atoms with Crippen LogP contribution in [0.3, 0.4) is 0 Å². The molecule has 1 amide bonds. The van der Waals surface area contributed by atoms with Gasteiger partial charge in [0.15, 0.2) is 0 Å². The summed E-state index contributed by atoms with van der Waals surface area (Å²) in [6.45, 7) is 1.77. The first-order valence-corrected chi connectivity index (χ1v) is 6.54. The van der Waals surface area contributed by atoms with Gasteiger partial charge in [0.2, 0.25) is 0 Å². The summed E-state index contributed by atoms with van der Waals surface area (Å²) in [5, 5.41) is 2.65. The van der Waals surface area contributed by atoms with E-state index >= 15 is 0 Å². The number of rotatable bonds is 2. The predicted molar refractivity (Wildman–Crippen MR) is 76.0 cm³/mol. The zero-order chi connectivity index (χ0) is 14.0. The number of carbonyl (C=O) groups excluding carboxylic acids is 1. The smallest absolute Gasteiger partial charge is 0.255 e. The average molecular weight is 344 g/mol. The van der Waals surface area contributed by atoms with Gasteiger partial charge in [-0.25, -0.2) is 9.37 Å². The lowest BCUT2D eigenvalue weighted by Crippen LogP contribution is -2.13. The van der Waals surface area contributed by atoms with Gasteiger partial charge in [0.25, 0.3) is 5.91 Å². The van der Waals surface area contributed by atoms with Crippen LogP contribution in [-0.4, -0.2) is 10.9 Å². The van der Waals surface area contributed by atoms with E-state index in [1.807, 2.05) is 0 Å². The molecule has 0 saturated heterocycles. The fourth-order valence-electron chi connectivity index (χ4n) is 1.49. The summed E-state index contributed by atoms with van der Waals surface area (Å²) in [7, 11) is 0. The number of aryl methyl sites for hydroxylation is 1. The number of pyridine rings is 1. The summed E-state index contributed by atoms with van der Waals surface area (Å²) in [5.74, 6) is -1.04. The van der Waals surface area contributed by atoms with E-state index in [0.29, 0.717) is 16.0 Å². The van der Waals surface area contributed by atoms with E-state index in [9.17, 15) is 9.18 Å². The van der Waals surface area contributed by atoms with Gasteiger partial charge in [0.1, 0.15) is 10.4 Å². The highest BCUT2D eigenvalue weighted by molar-refractivity contribution is 9.10. The van der Waals surface area contributed by atoms with Crippen LogP contribution in [0.5, 0.6) is 0 Å². The molecule has 0 aliphatic rings. The highest BCUT2D eigenvalue weighted by atomic mass is 79.9. The molecule has 6 heteroatoms. The summed E-state index contributed by atoms with van der Waals surface area (Å²) >= 11 is 8.80. The molecule has 0 radical (unpaired) electrons. The third kappa shape index (κ3) is 3.30. The second kappa shape index (κ2) is 5.67. The Labute approximate surface area is 122 Å². The van der Waals surface area contributed by atoms with Gasteiger partial charge < -0.3 is 5.32 Å². The second-order valence-electron chi connectivity index (χ2n) is 3.85. The van der Waals surface area contributed by atoms with Crippen molar-refractivity contribution in [3.05, 3.63) is 57.0 Å². The molecule has 0 atom stereocenters. The van der Waals surface area contributed by atoms with Crippen molar-refractivity contribution >= 4 is 39.1 Å². The minimum absolute atomic E-state index is 0.0157. The van der Waals surface area contributed by atoms with Gasteiger partial charge in [-0.2, -0.15) is 0 Å². The Kier molecular flexibility index (Phi) is 4.17. The van der Waals surface area contributed by atoms with Crippen LogP contribution in [0.25, 0.3) is 0 Å². The third-order valence-electron chi connectivity index (χ3n) is 2.48. The SMILES string of the molecule is Cc1nc(Br)ccc1NC(=O)c1ccc(Cl)c(F)c1. The van der Waals surface area contributed by atoms with Crippen molar-refractivity contribution in [2.24, 2.45) is 0 Å². The topological polar surface area (TPSA) is 42.0 Å². The van der Waals surface area contributed by atoms with Crippen LogP contribution >= 0.6 is 27.5 Å². The van der Waals surface area contributed by atoms with Crippen molar-refractivity contribution in [2.75, 3.05) is 5.32 Å². The van der Waals surface area contributed by atoms with Crippen LogP contribution in [0, 0.1) is 12.7 Å². The molecular weight excluding hydrogens is 335 g/mol. The number of nitrogens with zero attached hydrogens (tertiary/aromatic N) is 1. The van der Waals surface area contributed by atoms with E-state index in [1.165, 1.54) is 12.1 Å². The molecule has 0 fully saturated rings. The van der Waals surface area contributed by atoms with Gasteiger partial charge in [-0.1, -0.05) is 11.6 Å². The van der Waals surface area contributed by atoms with Gasteiger partial charge in [-0.3, -0.25) is 4.79 Å². The molecule has 2 rings (SSSR count). The number of hydrogen-bond donors (Lipinski definition) is 1. The molecule has 2 aromatic rings. The molecule has 1 N–H and O–H groups in total. The largest absolute Gasteiger partial charge is 0.320 e. The Bertz CT molecular complexity index is 649. The number of halogens is 3. The Hall–Kier alpha value is -1.46. The van der Waals surface area contributed by atoms with Crippen molar-refractivity contribution in [3.63, 3.8) is 0 Å². The maximum absolute atomic E-state index is 13.3. The first-order chi connectivity index (χ1) is 8.97. The molecular formula is C13H9BrClFN2O. The van der Waals surface area contributed by atoms with E-state index in [2.05, 4.69) is 26.2 Å². The third-order valence-corrected chi connectivity index (χ3v) is 3.23. The fraction of sp³-hybridized carbons (Fsp3) is 0.0769. The Morgan fingerprint density at radius 2 is 2.11 bits per heavy atom. The standard InChI is InChI=1S/C13H9BrClFN2O/c1-7-11(4-5-12(14)17-7)18-13(19)8-2-3-9(15)10(16)6-8/h2-6H,1H3,(H,18,19). The minimum atomic E-state index is -0.625. The average Bonchev–Trinajstić information content (AvgIpc) is 2.36. The summed E-state index contributed by atoms with van der Waals surface area (Å²) in [5.41, 5.74) is 1.44. The summed E-state index contributed by atoms with van der Waals surface area (Å²) in [6.07, 6.45) is 0. The molecule has 0 saturated carbocycles. The highest BCUT2D eigenvalue weighted by Crippen LogP contribution is 2.19. The Balaban J connectivity index is 2.23. The van der Waals surface area contributed by atoms with Gasteiger partial charge in [-0.15, -0.1) is 0 Å². The molecule has 0 aliphatic heterocycles. The Morgan fingerprint density at radius 1 is 1.37 bits per heavy atom. The van der Waals surface area contributed by atoms with Crippen molar-refractivity contribution < 1.29 is 9.18 Å².